The molecule has 9 N–H and O–H groups in total. The summed E-state index contributed by atoms with van der Waals surface area (Å²) < 4.78 is 5.84. The summed E-state index contributed by atoms with van der Waals surface area (Å²) >= 11 is 0. The molecule has 3 aromatic carbocycles. The Hall–Kier alpha value is -8.13. The van der Waals surface area contributed by atoms with E-state index in [-0.39, 0.29) is 43.5 Å². The van der Waals surface area contributed by atoms with Crippen molar-refractivity contribution in [1.82, 2.24) is 36.8 Å². The number of phenols is 1. The van der Waals surface area contributed by atoms with Crippen LogP contribution in [0.15, 0.2) is 121 Å². The van der Waals surface area contributed by atoms with Gasteiger partial charge in [0.25, 0.3) is 5.91 Å². The number of carbonyl (C=O) groups is 9. The fourth-order valence-corrected chi connectivity index (χ4v) is 8.45. The van der Waals surface area contributed by atoms with E-state index in [4.69, 9.17) is 4.74 Å². The first-order valence-corrected chi connectivity index (χ1v) is 25.5. The molecule has 20 heteroatoms. The highest BCUT2D eigenvalue weighted by Crippen LogP contribution is 2.20. The van der Waals surface area contributed by atoms with Gasteiger partial charge in [-0.2, -0.15) is 0 Å². The highest BCUT2D eigenvalue weighted by atomic mass is 16.5. The van der Waals surface area contributed by atoms with Gasteiger partial charge in [-0.15, -0.1) is 0 Å². The van der Waals surface area contributed by atoms with E-state index < -0.39 is 120 Å². The molecule has 0 unspecified atom stereocenters. The quantitative estimate of drug-likeness (QED) is 0.0779. The number of methoxy groups -OCH3 is 1. The standard InChI is InChI=1S/C57H73N7O13/c1-33(31-34(2)47(77-8)32-41-17-13-10-14-18-41)19-26-43-35(3)50(67)62-46(56(73)74)29-30-48(66)64(7)38(6)53(70)58-37(5)52(69)61-45(27-22-39-15-11-9-12-16-39)55(72)63-49(57(75)76)36(4)51(68)60-44(54(71)59-43)28-23-40-20-24-42(65)25-21-40/h9-21,24-26,31,34-37,43-47,49,65H,6,22-23,27-30,32H2,1-5,7-8H3,(H,58,70)(H,59,71)(H,60,68)(H,61,69)(H,62,67)(H,63,72)(H,73,74)(H,75,76)/b26-19+,33-31+/t34-,35-,36-,37+,43-,44-,45-,46+,47-,49+/m0/s1. The van der Waals surface area contributed by atoms with Gasteiger partial charge in [0.1, 0.15) is 41.7 Å². The SMILES string of the molecule is C=C1C(=O)N[C@H](C)C(=O)N[C@@H](CCc2ccccc2)C(=O)N[C@@H](C(=O)O)[C@H](C)C(=O)N[C@@H](CCc2ccc(O)cc2)C(=O)N[C@@H](/C=C/C(C)=C/[C@H](C)[C@H](Cc2ccccc2)OC)[C@H](C)C(=O)N[C@@H](C(=O)O)CCC(=O)N1C. The number of nitrogens with zero attached hydrogens (tertiary/aromatic N) is 1. The van der Waals surface area contributed by atoms with Crippen molar-refractivity contribution in [1.29, 1.82) is 0 Å². The number of phenolic OH excluding ortho intramolecular Hbond substituents is 1. The number of aromatic hydroxyl groups is 1. The van der Waals surface area contributed by atoms with Crippen LogP contribution in [0.25, 0.3) is 0 Å². The molecular formula is C57H73N7O13. The van der Waals surface area contributed by atoms with Crippen molar-refractivity contribution in [3.63, 3.8) is 0 Å². The summed E-state index contributed by atoms with van der Waals surface area (Å²) in [7, 11) is 2.83. The molecule has 1 heterocycles. The number of allylic oxidation sites excluding steroid dienone is 2. The number of carbonyl (C=O) groups excluding carboxylic acids is 7. The molecule has 0 radical (unpaired) electrons. The minimum atomic E-state index is -1.91. The third-order valence-corrected chi connectivity index (χ3v) is 13.5. The third-order valence-electron chi connectivity index (χ3n) is 13.5. The van der Waals surface area contributed by atoms with Crippen molar-refractivity contribution in [2.24, 2.45) is 17.8 Å². The molecule has 1 aliphatic heterocycles. The number of aliphatic carboxylic acids is 2. The molecule has 20 nitrogen and oxygen atoms in total. The van der Waals surface area contributed by atoms with Crippen molar-refractivity contribution in [2.75, 3.05) is 14.2 Å². The largest absolute Gasteiger partial charge is 0.508 e. The molecule has 4 rings (SSSR count). The summed E-state index contributed by atoms with van der Waals surface area (Å²) in [6, 6.07) is 15.9. The van der Waals surface area contributed by atoms with Crippen LogP contribution >= 0.6 is 0 Å². The van der Waals surface area contributed by atoms with E-state index in [2.05, 4.69) is 38.5 Å². The highest BCUT2D eigenvalue weighted by Gasteiger charge is 2.37. The van der Waals surface area contributed by atoms with Gasteiger partial charge >= 0.3 is 11.9 Å². The van der Waals surface area contributed by atoms with Crippen LogP contribution in [0.3, 0.4) is 0 Å². The highest BCUT2D eigenvalue weighted by molar-refractivity contribution is 6.00. The minimum Gasteiger partial charge on any atom is -0.508 e. The van der Waals surface area contributed by atoms with E-state index >= 15 is 0 Å². The van der Waals surface area contributed by atoms with Crippen molar-refractivity contribution in [2.45, 2.75) is 122 Å². The first kappa shape index (κ1) is 61.4. The van der Waals surface area contributed by atoms with E-state index in [0.717, 1.165) is 16.0 Å². The summed E-state index contributed by atoms with van der Waals surface area (Å²) in [5.41, 5.74) is 2.79. The Kier molecular flexibility index (Phi) is 23.8. The lowest BCUT2D eigenvalue weighted by molar-refractivity contribution is -0.146. The van der Waals surface area contributed by atoms with E-state index in [1.165, 1.54) is 40.0 Å². The molecule has 0 saturated carbocycles. The second kappa shape index (κ2) is 29.8. The first-order valence-electron chi connectivity index (χ1n) is 25.5. The molecule has 0 aliphatic carbocycles. The number of rotatable bonds is 15. The number of carboxylic acids is 2. The van der Waals surface area contributed by atoms with Gasteiger partial charge in [-0.1, -0.05) is 124 Å². The Morgan fingerprint density at radius 3 is 1.79 bits per heavy atom. The van der Waals surface area contributed by atoms with E-state index in [9.17, 15) is 58.5 Å². The van der Waals surface area contributed by atoms with Crippen LogP contribution in [0.2, 0.25) is 0 Å². The van der Waals surface area contributed by atoms with Gasteiger partial charge in [0.2, 0.25) is 35.4 Å². The Morgan fingerprint density at radius 1 is 0.701 bits per heavy atom. The Morgan fingerprint density at radius 2 is 1.23 bits per heavy atom. The number of carboxylic acid groups (broad SMARTS) is 2. The Balaban J connectivity index is 1.78. The molecule has 414 valence electrons. The minimum absolute atomic E-state index is 0.0154. The first-order chi connectivity index (χ1) is 36.5. The van der Waals surface area contributed by atoms with Crippen molar-refractivity contribution in [3.8, 4) is 5.75 Å². The lowest BCUT2D eigenvalue weighted by Crippen LogP contribution is -2.59. The monoisotopic (exact) mass is 1060 g/mol. The number of hydrogen-bond donors (Lipinski definition) is 9. The molecule has 0 spiro atoms. The number of amides is 7. The normalized spacial score (nSPS) is 24.2. The zero-order chi connectivity index (χ0) is 56.9. The van der Waals surface area contributed by atoms with Crippen LogP contribution in [-0.2, 0) is 67.2 Å². The molecule has 1 fully saturated rings. The predicted molar refractivity (Wildman–Crippen MR) is 286 cm³/mol. The van der Waals surface area contributed by atoms with Gasteiger partial charge in [-0.3, -0.25) is 33.6 Å². The summed E-state index contributed by atoms with van der Waals surface area (Å²) in [6.07, 6.45) is 4.86. The lowest BCUT2D eigenvalue weighted by atomic mass is 9.94. The Labute approximate surface area is 449 Å². The molecule has 10 atom stereocenters. The maximum atomic E-state index is 14.6. The smallest absolute Gasteiger partial charge is 0.327 e. The molecule has 1 saturated heterocycles. The molecule has 1 aliphatic rings. The molecule has 3 aromatic rings. The van der Waals surface area contributed by atoms with Crippen LogP contribution < -0.4 is 31.9 Å². The van der Waals surface area contributed by atoms with Gasteiger partial charge in [-0.05, 0) is 81.2 Å². The van der Waals surface area contributed by atoms with E-state index in [0.29, 0.717) is 17.6 Å². The van der Waals surface area contributed by atoms with Crippen LogP contribution in [0.5, 0.6) is 5.75 Å². The van der Waals surface area contributed by atoms with Gasteiger partial charge in [0.05, 0.1) is 24.0 Å². The molecule has 0 aromatic heterocycles. The topological polar surface area (TPSA) is 299 Å². The van der Waals surface area contributed by atoms with Crippen molar-refractivity contribution < 1.29 is 63.2 Å². The van der Waals surface area contributed by atoms with Crippen LogP contribution in [0.1, 0.15) is 77.0 Å². The van der Waals surface area contributed by atoms with Gasteiger partial charge < -0.3 is 56.9 Å². The number of ether oxygens (including phenoxy) is 1. The second-order valence-electron chi connectivity index (χ2n) is 19.4. The van der Waals surface area contributed by atoms with Gasteiger partial charge in [0.15, 0.2) is 0 Å². The second-order valence-corrected chi connectivity index (χ2v) is 19.4. The molecule has 0 bridgehead atoms. The average molecular weight is 1060 g/mol. The zero-order valence-corrected chi connectivity index (χ0v) is 44.6. The zero-order valence-electron chi connectivity index (χ0n) is 44.6. The lowest BCUT2D eigenvalue weighted by Gasteiger charge is -2.28. The number of benzene rings is 3. The summed E-state index contributed by atoms with van der Waals surface area (Å²) in [6.45, 7) is 11.4. The maximum Gasteiger partial charge on any atom is 0.327 e. The molecule has 7 amide bonds. The molecule has 77 heavy (non-hydrogen) atoms. The van der Waals surface area contributed by atoms with Crippen molar-refractivity contribution >= 4 is 53.3 Å². The van der Waals surface area contributed by atoms with Crippen LogP contribution in [0.4, 0.5) is 0 Å². The maximum absolute atomic E-state index is 14.6. The van der Waals surface area contributed by atoms with E-state index in [1.54, 1.807) is 61.7 Å². The average Bonchev–Trinajstić information content (AvgIpc) is 3.41. The number of nitrogens with one attached hydrogen (secondary N) is 6. The van der Waals surface area contributed by atoms with E-state index in [1.807, 2.05) is 50.3 Å². The number of aryl methyl sites for hydroxylation is 2. The third kappa shape index (κ3) is 19.2. The van der Waals surface area contributed by atoms with Gasteiger partial charge in [0, 0.05) is 26.5 Å². The summed E-state index contributed by atoms with van der Waals surface area (Å²) in [5.74, 6) is -12.2. The number of likely N-dealkylation sites (N-methyl/N-ethyl adjacent to an activating group) is 1. The van der Waals surface area contributed by atoms with Crippen LogP contribution in [0, 0.1) is 17.8 Å². The summed E-state index contributed by atoms with van der Waals surface area (Å²) in [4.78, 5) is 124. The summed E-state index contributed by atoms with van der Waals surface area (Å²) in [5, 5.41) is 46.0. The van der Waals surface area contributed by atoms with Gasteiger partial charge in [-0.25, -0.2) is 9.59 Å². The Bertz CT molecular complexity index is 2630. The van der Waals surface area contributed by atoms with Crippen molar-refractivity contribution in [3.05, 3.63) is 138 Å². The fraction of sp³-hybridized carbons (Fsp3) is 0.421. The molecular weight excluding hydrogens is 991 g/mol. The number of hydrogen-bond acceptors (Lipinski definition) is 11. The van der Waals surface area contributed by atoms with Crippen LogP contribution in [-0.4, -0.2) is 130 Å². The predicted octanol–water partition coefficient (Wildman–Crippen LogP) is 3.49. The fourth-order valence-electron chi connectivity index (χ4n) is 8.45.